The van der Waals surface area contributed by atoms with Gasteiger partial charge in [-0.05, 0) is 49.0 Å². The molecule has 0 unspecified atom stereocenters. The summed E-state index contributed by atoms with van der Waals surface area (Å²) in [4.78, 5) is 35.9. The zero-order chi connectivity index (χ0) is 25.0. The Bertz CT molecular complexity index is 912. The second-order valence-corrected chi connectivity index (χ2v) is 8.52. The number of carbonyl (C=O) groups is 2. The molecule has 0 radical (unpaired) electrons. The first-order valence-corrected chi connectivity index (χ1v) is 12.4. The first-order valence-electron chi connectivity index (χ1n) is 12.4. The highest BCUT2D eigenvalue weighted by atomic mass is 16.5. The minimum Gasteiger partial charge on any atom is -0.497 e. The SMILES string of the molecule is CCN(CC)CCNC(=O)C(=O)NC[C@@H](c1cccnc1)N1CCN(c2ccc(OC)cc2)CC1. The molecule has 0 bridgehead atoms. The average Bonchev–Trinajstić information content (AvgIpc) is 2.92. The van der Waals surface area contributed by atoms with Crippen LogP contribution < -0.4 is 20.3 Å². The number of nitrogens with zero attached hydrogens (tertiary/aromatic N) is 4. The van der Waals surface area contributed by atoms with Gasteiger partial charge in [-0.1, -0.05) is 19.9 Å². The van der Waals surface area contributed by atoms with Crippen molar-refractivity contribution in [3.63, 3.8) is 0 Å². The number of benzene rings is 1. The fraction of sp³-hybridized carbons (Fsp3) is 0.500. The van der Waals surface area contributed by atoms with Crippen molar-refractivity contribution in [3.05, 3.63) is 54.4 Å². The summed E-state index contributed by atoms with van der Waals surface area (Å²) < 4.78 is 5.26. The number of pyridine rings is 1. The number of ether oxygens (including phenoxy) is 1. The Morgan fingerprint density at radius 3 is 2.31 bits per heavy atom. The van der Waals surface area contributed by atoms with Crippen molar-refractivity contribution in [2.75, 3.05) is 70.9 Å². The zero-order valence-electron chi connectivity index (χ0n) is 21.1. The predicted molar refractivity (Wildman–Crippen MR) is 138 cm³/mol. The number of likely N-dealkylation sites (N-methyl/N-ethyl adjacent to an activating group) is 1. The summed E-state index contributed by atoms with van der Waals surface area (Å²) in [6.07, 6.45) is 3.57. The molecule has 2 amide bonds. The molecule has 2 aromatic rings. The van der Waals surface area contributed by atoms with Gasteiger partial charge >= 0.3 is 11.8 Å². The van der Waals surface area contributed by atoms with E-state index in [2.05, 4.69) is 56.3 Å². The van der Waals surface area contributed by atoms with Gasteiger partial charge in [-0.25, -0.2) is 0 Å². The summed E-state index contributed by atoms with van der Waals surface area (Å²) >= 11 is 0. The number of hydrogen-bond donors (Lipinski definition) is 2. The maximum atomic E-state index is 12.5. The van der Waals surface area contributed by atoms with Gasteiger partial charge in [0.2, 0.25) is 0 Å². The fourth-order valence-corrected chi connectivity index (χ4v) is 4.33. The molecule has 190 valence electrons. The van der Waals surface area contributed by atoms with Crippen LogP contribution in [0.2, 0.25) is 0 Å². The maximum Gasteiger partial charge on any atom is 0.309 e. The van der Waals surface area contributed by atoms with Gasteiger partial charge in [0.05, 0.1) is 13.2 Å². The Morgan fingerprint density at radius 2 is 1.71 bits per heavy atom. The Balaban J connectivity index is 1.55. The average molecular weight is 483 g/mol. The number of piperazine rings is 1. The standard InChI is InChI=1S/C26H38N6O3/c1-4-30(5-2)14-13-28-25(33)26(34)29-20-24(21-7-6-12-27-19-21)32-17-15-31(16-18-32)22-8-10-23(35-3)11-9-22/h6-12,19,24H,4-5,13-18,20H2,1-3H3,(H,28,33)(H,29,34)/t24-/m0/s1. The van der Waals surface area contributed by atoms with Crippen molar-refractivity contribution >= 4 is 17.5 Å². The van der Waals surface area contributed by atoms with Gasteiger partial charge in [-0.15, -0.1) is 0 Å². The molecule has 0 spiro atoms. The molecule has 1 saturated heterocycles. The molecule has 2 N–H and O–H groups in total. The Labute approximate surface area is 208 Å². The number of carbonyl (C=O) groups excluding carboxylic acids is 2. The van der Waals surface area contributed by atoms with Crippen LogP contribution in [0.3, 0.4) is 0 Å². The maximum absolute atomic E-state index is 12.5. The molecule has 0 aliphatic carbocycles. The lowest BCUT2D eigenvalue weighted by molar-refractivity contribution is -0.139. The van der Waals surface area contributed by atoms with Crippen LogP contribution in [0.1, 0.15) is 25.5 Å². The van der Waals surface area contributed by atoms with Gasteiger partial charge in [0.15, 0.2) is 0 Å². The van der Waals surface area contributed by atoms with Crippen molar-refractivity contribution in [1.29, 1.82) is 0 Å². The molecule has 1 atom stereocenters. The molecule has 1 aromatic heterocycles. The van der Waals surface area contributed by atoms with Crippen LogP contribution in [0.15, 0.2) is 48.8 Å². The van der Waals surface area contributed by atoms with Crippen molar-refractivity contribution in [1.82, 2.24) is 25.4 Å². The van der Waals surface area contributed by atoms with E-state index < -0.39 is 11.8 Å². The third-order valence-corrected chi connectivity index (χ3v) is 6.53. The van der Waals surface area contributed by atoms with Crippen LogP contribution in [0.25, 0.3) is 0 Å². The lowest BCUT2D eigenvalue weighted by Gasteiger charge is -2.40. The lowest BCUT2D eigenvalue weighted by Crippen LogP contribution is -2.51. The smallest absolute Gasteiger partial charge is 0.309 e. The molecule has 1 aliphatic rings. The number of hydrogen-bond acceptors (Lipinski definition) is 7. The van der Waals surface area contributed by atoms with Gasteiger partial charge in [0.25, 0.3) is 0 Å². The van der Waals surface area contributed by atoms with Crippen molar-refractivity contribution in [3.8, 4) is 5.75 Å². The van der Waals surface area contributed by atoms with E-state index in [4.69, 9.17) is 4.74 Å². The molecule has 1 aliphatic heterocycles. The van der Waals surface area contributed by atoms with Gasteiger partial charge < -0.3 is 25.2 Å². The summed E-state index contributed by atoms with van der Waals surface area (Å²) in [5.74, 6) is -0.349. The molecule has 2 heterocycles. The molecule has 35 heavy (non-hydrogen) atoms. The second kappa shape index (κ2) is 13.7. The number of rotatable bonds is 11. The topological polar surface area (TPSA) is 90.0 Å². The van der Waals surface area contributed by atoms with E-state index in [0.29, 0.717) is 13.1 Å². The zero-order valence-corrected chi connectivity index (χ0v) is 21.1. The summed E-state index contributed by atoms with van der Waals surface area (Å²) in [5, 5.41) is 5.56. The Hall–Kier alpha value is -3.17. The van der Waals surface area contributed by atoms with E-state index >= 15 is 0 Å². The Kier molecular flexibility index (Phi) is 10.3. The van der Waals surface area contributed by atoms with Crippen LogP contribution >= 0.6 is 0 Å². The second-order valence-electron chi connectivity index (χ2n) is 8.52. The van der Waals surface area contributed by atoms with Gasteiger partial charge in [-0.3, -0.25) is 19.5 Å². The summed E-state index contributed by atoms with van der Waals surface area (Å²) in [7, 11) is 1.67. The van der Waals surface area contributed by atoms with Crippen molar-refractivity contribution in [2.45, 2.75) is 19.9 Å². The highest BCUT2D eigenvalue weighted by Gasteiger charge is 2.26. The van der Waals surface area contributed by atoms with Crippen LogP contribution in [-0.4, -0.2) is 92.6 Å². The van der Waals surface area contributed by atoms with Crippen molar-refractivity contribution in [2.24, 2.45) is 0 Å². The molecule has 3 rings (SSSR count). The first kappa shape index (κ1) is 26.4. The largest absolute Gasteiger partial charge is 0.497 e. The Morgan fingerprint density at radius 1 is 1.03 bits per heavy atom. The van der Waals surface area contributed by atoms with E-state index in [1.54, 1.807) is 13.3 Å². The molecule has 9 nitrogen and oxygen atoms in total. The monoisotopic (exact) mass is 482 g/mol. The van der Waals surface area contributed by atoms with E-state index in [-0.39, 0.29) is 6.04 Å². The number of aromatic nitrogens is 1. The van der Waals surface area contributed by atoms with Gasteiger partial charge in [0.1, 0.15) is 5.75 Å². The molecule has 0 saturated carbocycles. The molecule has 9 heteroatoms. The van der Waals surface area contributed by atoms with Crippen LogP contribution in [0.5, 0.6) is 5.75 Å². The van der Waals surface area contributed by atoms with Gasteiger partial charge in [-0.2, -0.15) is 0 Å². The summed E-state index contributed by atoms with van der Waals surface area (Å²) in [6, 6.07) is 12.0. The summed E-state index contributed by atoms with van der Waals surface area (Å²) in [5.41, 5.74) is 2.19. The highest BCUT2D eigenvalue weighted by molar-refractivity contribution is 6.35. The van der Waals surface area contributed by atoms with E-state index in [0.717, 1.165) is 62.8 Å². The van der Waals surface area contributed by atoms with Gasteiger partial charge in [0, 0.05) is 63.9 Å². The normalized spacial score (nSPS) is 15.0. The number of methoxy groups -OCH3 is 1. The van der Waals surface area contributed by atoms with E-state index in [1.807, 2.05) is 30.5 Å². The first-order chi connectivity index (χ1) is 17.0. The van der Waals surface area contributed by atoms with E-state index in [9.17, 15) is 9.59 Å². The molecular weight excluding hydrogens is 444 g/mol. The number of nitrogens with one attached hydrogen (secondary N) is 2. The van der Waals surface area contributed by atoms with Crippen LogP contribution in [0, 0.1) is 0 Å². The number of amides is 2. The lowest BCUT2D eigenvalue weighted by atomic mass is 10.1. The third-order valence-electron chi connectivity index (χ3n) is 6.53. The third kappa shape index (κ3) is 7.66. The minimum absolute atomic E-state index is 0.0610. The number of anilines is 1. The van der Waals surface area contributed by atoms with E-state index in [1.165, 1.54) is 0 Å². The molecular formula is C26H38N6O3. The molecule has 1 fully saturated rings. The highest BCUT2D eigenvalue weighted by Crippen LogP contribution is 2.25. The quantitative estimate of drug-likeness (QED) is 0.470. The molecule has 1 aromatic carbocycles. The minimum atomic E-state index is -0.602. The fourth-order valence-electron chi connectivity index (χ4n) is 4.33. The van der Waals surface area contributed by atoms with Crippen molar-refractivity contribution < 1.29 is 14.3 Å². The van der Waals surface area contributed by atoms with Crippen LogP contribution in [0.4, 0.5) is 5.69 Å². The summed E-state index contributed by atoms with van der Waals surface area (Å²) in [6.45, 7) is 10.9. The predicted octanol–water partition coefficient (Wildman–Crippen LogP) is 1.53. The van der Waals surface area contributed by atoms with Crippen LogP contribution in [-0.2, 0) is 9.59 Å².